The Bertz CT molecular complexity index is 387. The fraction of sp³-hybridized carbons (Fsp3) is 0.333. The van der Waals surface area contributed by atoms with Crippen LogP contribution in [0, 0.1) is 11.3 Å². The fourth-order valence-corrected chi connectivity index (χ4v) is 1.64. The Hall–Kier alpha value is -1.35. The summed E-state index contributed by atoms with van der Waals surface area (Å²) < 4.78 is 0. The summed E-state index contributed by atoms with van der Waals surface area (Å²) in [6.07, 6.45) is 0.809. The SMILES string of the molecule is CC[C@H](C(=N)Cc1ccc(Cl)cc1)C(=O)O. The van der Waals surface area contributed by atoms with Crippen molar-refractivity contribution in [2.24, 2.45) is 5.92 Å². The van der Waals surface area contributed by atoms with E-state index >= 15 is 0 Å². The summed E-state index contributed by atoms with van der Waals surface area (Å²) in [6.45, 7) is 1.77. The van der Waals surface area contributed by atoms with E-state index in [2.05, 4.69) is 0 Å². The van der Waals surface area contributed by atoms with E-state index in [0.717, 1.165) is 5.56 Å². The van der Waals surface area contributed by atoms with Crippen LogP contribution in [-0.2, 0) is 11.2 Å². The van der Waals surface area contributed by atoms with Crippen molar-refractivity contribution < 1.29 is 9.90 Å². The number of nitrogens with one attached hydrogen (secondary N) is 1. The predicted molar refractivity (Wildman–Crippen MR) is 64.3 cm³/mol. The second-order valence-electron chi connectivity index (χ2n) is 3.63. The van der Waals surface area contributed by atoms with Gasteiger partial charge in [0.1, 0.15) is 0 Å². The van der Waals surface area contributed by atoms with Crippen molar-refractivity contribution in [1.29, 1.82) is 5.41 Å². The zero-order valence-electron chi connectivity index (χ0n) is 9.03. The van der Waals surface area contributed by atoms with Crippen LogP contribution in [0.3, 0.4) is 0 Å². The maximum absolute atomic E-state index is 10.9. The molecule has 0 spiro atoms. The van der Waals surface area contributed by atoms with Crippen LogP contribution in [0.4, 0.5) is 0 Å². The average Bonchev–Trinajstić information content (AvgIpc) is 2.22. The molecule has 1 aromatic carbocycles. The van der Waals surface area contributed by atoms with E-state index in [1.165, 1.54) is 0 Å². The van der Waals surface area contributed by atoms with Gasteiger partial charge in [-0.1, -0.05) is 30.7 Å². The summed E-state index contributed by atoms with van der Waals surface area (Å²) in [5.41, 5.74) is 1.14. The molecule has 1 atom stereocenters. The van der Waals surface area contributed by atoms with Crippen molar-refractivity contribution in [3.8, 4) is 0 Å². The monoisotopic (exact) mass is 239 g/mol. The first-order valence-electron chi connectivity index (χ1n) is 5.09. The average molecular weight is 240 g/mol. The highest BCUT2D eigenvalue weighted by Crippen LogP contribution is 2.13. The van der Waals surface area contributed by atoms with Crippen molar-refractivity contribution in [2.75, 3.05) is 0 Å². The lowest BCUT2D eigenvalue weighted by Gasteiger charge is -2.11. The van der Waals surface area contributed by atoms with Crippen molar-refractivity contribution in [3.05, 3.63) is 34.9 Å². The van der Waals surface area contributed by atoms with Crippen LogP contribution in [0.2, 0.25) is 5.02 Å². The van der Waals surface area contributed by atoms with Crippen LogP contribution >= 0.6 is 11.6 Å². The highest BCUT2D eigenvalue weighted by atomic mass is 35.5. The number of rotatable bonds is 5. The first-order valence-corrected chi connectivity index (χ1v) is 5.47. The molecule has 0 amide bonds. The molecule has 16 heavy (non-hydrogen) atoms. The van der Waals surface area contributed by atoms with Gasteiger partial charge >= 0.3 is 5.97 Å². The van der Waals surface area contributed by atoms with Gasteiger partial charge in [0.05, 0.1) is 5.92 Å². The van der Waals surface area contributed by atoms with E-state index in [1.807, 2.05) is 12.1 Å². The lowest BCUT2D eigenvalue weighted by molar-refractivity contribution is -0.139. The van der Waals surface area contributed by atoms with Crippen molar-refractivity contribution >= 4 is 23.3 Å². The van der Waals surface area contributed by atoms with Crippen LogP contribution in [-0.4, -0.2) is 16.8 Å². The summed E-state index contributed by atoms with van der Waals surface area (Å²) in [5, 5.41) is 17.3. The molecule has 1 aromatic rings. The van der Waals surface area contributed by atoms with E-state index < -0.39 is 11.9 Å². The van der Waals surface area contributed by atoms with Crippen molar-refractivity contribution in [3.63, 3.8) is 0 Å². The Balaban J connectivity index is 2.70. The molecule has 0 fully saturated rings. The Labute approximate surface area is 99.6 Å². The predicted octanol–water partition coefficient (Wildman–Crippen LogP) is 3.01. The minimum atomic E-state index is -0.929. The summed E-state index contributed by atoms with van der Waals surface area (Å²) in [5.74, 6) is -1.61. The lowest BCUT2D eigenvalue weighted by Crippen LogP contribution is -2.23. The molecule has 0 aliphatic carbocycles. The van der Waals surface area contributed by atoms with Crippen LogP contribution < -0.4 is 0 Å². The molecule has 86 valence electrons. The summed E-state index contributed by atoms with van der Waals surface area (Å²) in [7, 11) is 0. The largest absolute Gasteiger partial charge is 0.481 e. The zero-order chi connectivity index (χ0) is 12.1. The third-order valence-corrected chi connectivity index (χ3v) is 2.69. The highest BCUT2D eigenvalue weighted by Gasteiger charge is 2.20. The van der Waals surface area contributed by atoms with Gasteiger partial charge in [-0.3, -0.25) is 4.79 Å². The maximum Gasteiger partial charge on any atom is 0.312 e. The molecular formula is C12H14ClNO2. The summed E-state index contributed by atoms with van der Waals surface area (Å²) in [4.78, 5) is 10.9. The van der Waals surface area contributed by atoms with E-state index in [4.69, 9.17) is 22.1 Å². The Morgan fingerprint density at radius 3 is 2.44 bits per heavy atom. The van der Waals surface area contributed by atoms with Gasteiger partial charge < -0.3 is 10.5 Å². The Kier molecular flexibility index (Phi) is 4.50. The van der Waals surface area contributed by atoms with E-state index in [9.17, 15) is 4.79 Å². The number of aliphatic carboxylic acids is 1. The summed E-state index contributed by atoms with van der Waals surface area (Å²) in [6, 6.07) is 7.11. The molecule has 1 rings (SSSR count). The van der Waals surface area contributed by atoms with Crippen LogP contribution in [0.1, 0.15) is 18.9 Å². The molecule has 0 aliphatic rings. The van der Waals surface area contributed by atoms with Crippen LogP contribution in [0.15, 0.2) is 24.3 Å². The quantitative estimate of drug-likeness (QED) is 0.776. The minimum Gasteiger partial charge on any atom is -0.481 e. The highest BCUT2D eigenvalue weighted by molar-refractivity contribution is 6.30. The first-order chi connectivity index (χ1) is 7.54. The molecule has 0 saturated carbocycles. The Morgan fingerprint density at radius 2 is 2.00 bits per heavy atom. The Morgan fingerprint density at radius 1 is 1.44 bits per heavy atom. The molecule has 0 bridgehead atoms. The van der Waals surface area contributed by atoms with E-state index in [-0.39, 0.29) is 5.71 Å². The van der Waals surface area contributed by atoms with Crippen LogP contribution in [0.5, 0.6) is 0 Å². The molecule has 0 aliphatic heterocycles. The van der Waals surface area contributed by atoms with Crippen LogP contribution in [0.25, 0.3) is 0 Å². The second-order valence-corrected chi connectivity index (χ2v) is 4.06. The third-order valence-electron chi connectivity index (χ3n) is 2.43. The lowest BCUT2D eigenvalue weighted by atomic mass is 9.95. The first kappa shape index (κ1) is 12.7. The fourth-order valence-electron chi connectivity index (χ4n) is 1.52. The molecule has 3 nitrogen and oxygen atoms in total. The number of hydrogen-bond acceptors (Lipinski definition) is 2. The van der Waals surface area contributed by atoms with Gasteiger partial charge in [0, 0.05) is 17.2 Å². The molecular weight excluding hydrogens is 226 g/mol. The van der Waals surface area contributed by atoms with Gasteiger partial charge in [0.15, 0.2) is 0 Å². The van der Waals surface area contributed by atoms with Gasteiger partial charge in [-0.05, 0) is 24.1 Å². The molecule has 2 N–H and O–H groups in total. The molecule has 0 unspecified atom stereocenters. The van der Waals surface area contributed by atoms with Crippen molar-refractivity contribution in [2.45, 2.75) is 19.8 Å². The van der Waals surface area contributed by atoms with Gasteiger partial charge in [-0.15, -0.1) is 0 Å². The molecule has 4 heteroatoms. The normalized spacial score (nSPS) is 12.1. The standard InChI is InChI=1S/C12H14ClNO2/c1-2-10(12(15)16)11(14)7-8-3-5-9(13)6-4-8/h3-6,10,14H,2,7H2,1H3,(H,15,16)/t10-/m1/s1. The third kappa shape index (κ3) is 3.35. The maximum atomic E-state index is 10.9. The molecule has 0 heterocycles. The second kappa shape index (κ2) is 5.66. The topological polar surface area (TPSA) is 61.2 Å². The van der Waals surface area contributed by atoms with Gasteiger partial charge in [-0.2, -0.15) is 0 Å². The number of benzene rings is 1. The smallest absolute Gasteiger partial charge is 0.312 e. The minimum absolute atomic E-state index is 0.234. The number of carbonyl (C=O) groups is 1. The molecule has 0 radical (unpaired) electrons. The van der Waals surface area contributed by atoms with Gasteiger partial charge in [0.25, 0.3) is 0 Å². The molecule has 0 saturated heterocycles. The molecule has 0 aromatic heterocycles. The number of carboxylic acid groups (broad SMARTS) is 1. The van der Waals surface area contributed by atoms with Gasteiger partial charge in [-0.25, -0.2) is 0 Å². The van der Waals surface area contributed by atoms with E-state index in [1.54, 1.807) is 19.1 Å². The van der Waals surface area contributed by atoms with E-state index in [0.29, 0.717) is 17.9 Å². The van der Waals surface area contributed by atoms with Gasteiger partial charge in [0.2, 0.25) is 0 Å². The van der Waals surface area contributed by atoms with Crippen molar-refractivity contribution in [1.82, 2.24) is 0 Å². The number of hydrogen-bond donors (Lipinski definition) is 2. The summed E-state index contributed by atoms with van der Waals surface area (Å²) >= 11 is 5.74. The number of carboxylic acids is 1. The number of halogens is 1. The zero-order valence-corrected chi connectivity index (χ0v) is 9.79.